The molecule has 0 bridgehead atoms. The summed E-state index contributed by atoms with van der Waals surface area (Å²) >= 11 is 6.07. The average molecular weight is 363 g/mol. The summed E-state index contributed by atoms with van der Waals surface area (Å²) in [5, 5.41) is 1.13. The van der Waals surface area contributed by atoms with Gasteiger partial charge in [0.25, 0.3) is 0 Å². The predicted molar refractivity (Wildman–Crippen MR) is 89.6 cm³/mol. The lowest BCUT2D eigenvalue weighted by Gasteiger charge is -2.15. The van der Waals surface area contributed by atoms with Gasteiger partial charge in [-0.2, -0.15) is 4.31 Å². The average Bonchev–Trinajstić information content (AvgIpc) is 2.98. The van der Waals surface area contributed by atoms with Crippen LogP contribution >= 0.6 is 11.6 Å². The fourth-order valence-corrected chi connectivity index (χ4v) is 4.50. The minimum atomic E-state index is -3.72. The fraction of sp³-hybridized carbons (Fsp3) is 0.118. The molecule has 0 saturated heterocycles. The SMILES string of the molecule is O=S(=O)(c1cnc2c(Cl)cccc2c1)N1Cc2ccc(F)cc2C1. The molecule has 2 aromatic carbocycles. The van der Waals surface area contributed by atoms with Crippen molar-refractivity contribution in [1.82, 2.24) is 9.29 Å². The van der Waals surface area contributed by atoms with Crippen molar-refractivity contribution >= 4 is 32.5 Å². The van der Waals surface area contributed by atoms with Crippen molar-refractivity contribution in [3.63, 3.8) is 0 Å². The van der Waals surface area contributed by atoms with Crippen molar-refractivity contribution in [2.45, 2.75) is 18.0 Å². The number of pyridine rings is 1. The second-order valence-electron chi connectivity index (χ2n) is 5.67. The monoisotopic (exact) mass is 362 g/mol. The van der Waals surface area contributed by atoms with Gasteiger partial charge >= 0.3 is 0 Å². The topological polar surface area (TPSA) is 50.3 Å². The van der Waals surface area contributed by atoms with Crippen molar-refractivity contribution in [3.05, 3.63) is 70.6 Å². The molecule has 1 aromatic heterocycles. The molecular formula is C17H12ClFN2O2S. The molecule has 3 aromatic rings. The summed E-state index contributed by atoms with van der Waals surface area (Å²) in [4.78, 5) is 4.29. The van der Waals surface area contributed by atoms with Gasteiger partial charge in [-0.3, -0.25) is 4.98 Å². The van der Waals surface area contributed by atoms with E-state index in [2.05, 4.69) is 4.98 Å². The molecule has 0 spiro atoms. The van der Waals surface area contributed by atoms with Crippen molar-refractivity contribution in [2.75, 3.05) is 0 Å². The molecule has 0 radical (unpaired) electrons. The van der Waals surface area contributed by atoms with Gasteiger partial charge in [-0.1, -0.05) is 29.8 Å². The van der Waals surface area contributed by atoms with Crippen LogP contribution in [-0.4, -0.2) is 17.7 Å². The minimum Gasteiger partial charge on any atom is -0.253 e. The highest BCUT2D eigenvalue weighted by Crippen LogP contribution is 2.30. The predicted octanol–water partition coefficient (Wildman–Crippen LogP) is 3.73. The molecule has 0 aliphatic carbocycles. The summed E-state index contributed by atoms with van der Waals surface area (Å²) in [6.07, 6.45) is 1.31. The Morgan fingerprint density at radius 1 is 1.08 bits per heavy atom. The van der Waals surface area contributed by atoms with E-state index in [4.69, 9.17) is 11.6 Å². The third-order valence-electron chi connectivity index (χ3n) is 4.14. The second kappa shape index (κ2) is 5.51. The highest BCUT2D eigenvalue weighted by Gasteiger charge is 2.31. The van der Waals surface area contributed by atoms with Crippen LogP contribution in [0.1, 0.15) is 11.1 Å². The number of hydrogen-bond donors (Lipinski definition) is 0. The van der Waals surface area contributed by atoms with Crippen LogP contribution in [0.5, 0.6) is 0 Å². The van der Waals surface area contributed by atoms with E-state index in [-0.39, 0.29) is 23.8 Å². The zero-order valence-electron chi connectivity index (χ0n) is 12.4. The van der Waals surface area contributed by atoms with Gasteiger partial charge in [0.15, 0.2) is 0 Å². The standard InChI is InChI=1S/C17H12ClFN2O2S/c18-16-3-1-2-11-7-15(8-20-17(11)16)24(22,23)21-9-12-4-5-14(19)6-13(12)10-21/h1-8H,9-10H2. The maximum absolute atomic E-state index is 13.3. The lowest BCUT2D eigenvalue weighted by Crippen LogP contribution is -2.25. The summed E-state index contributed by atoms with van der Waals surface area (Å²) in [6.45, 7) is 0.383. The fourth-order valence-electron chi connectivity index (χ4n) is 2.90. The van der Waals surface area contributed by atoms with E-state index in [1.165, 1.54) is 22.6 Å². The number of benzene rings is 2. The van der Waals surface area contributed by atoms with E-state index in [1.807, 2.05) is 0 Å². The molecule has 24 heavy (non-hydrogen) atoms. The second-order valence-corrected chi connectivity index (χ2v) is 8.01. The number of nitrogens with zero attached hydrogens (tertiary/aromatic N) is 2. The van der Waals surface area contributed by atoms with Gasteiger partial charge in [0.05, 0.1) is 10.5 Å². The first-order valence-corrected chi connectivity index (χ1v) is 9.09. The summed E-state index contributed by atoms with van der Waals surface area (Å²) in [5.74, 6) is -0.366. The molecule has 0 amide bonds. The Labute approximate surface area is 143 Å². The van der Waals surface area contributed by atoms with Crippen LogP contribution in [-0.2, 0) is 23.1 Å². The van der Waals surface area contributed by atoms with Gasteiger partial charge in [0, 0.05) is 24.7 Å². The molecule has 0 unspecified atom stereocenters. The Bertz CT molecular complexity index is 1070. The van der Waals surface area contributed by atoms with Crippen LogP contribution < -0.4 is 0 Å². The van der Waals surface area contributed by atoms with E-state index in [1.54, 1.807) is 30.3 Å². The number of para-hydroxylation sites is 1. The highest BCUT2D eigenvalue weighted by atomic mass is 35.5. The Morgan fingerprint density at radius 2 is 1.88 bits per heavy atom. The molecule has 7 heteroatoms. The summed E-state index contributed by atoms with van der Waals surface area (Å²) in [7, 11) is -3.72. The number of rotatable bonds is 2. The Morgan fingerprint density at radius 3 is 2.71 bits per heavy atom. The molecule has 122 valence electrons. The summed E-state index contributed by atoms with van der Waals surface area (Å²) in [5.41, 5.74) is 2.07. The number of halogens is 2. The van der Waals surface area contributed by atoms with Gasteiger partial charge in [-0.15, -0.1) is 0 Å². The largest absolute Gasteiger partial charge is 0.253 e. The van der Waals surface area contributed by atoms with Crippen molar-refractivity contribution in [1.29, 1.82) is 0 Å². The molecule has 0 fully saturated rings. The first-order valence-electron chi connectivity index (χ1n) is 7.27. The van der Waals surface area contributed by atoms with Gasteiger partial charge < -0.3 is 0 Å². The van der Waals surface area contributed by atoms with Crippen LogP contribution in [0, 0.1) is 5.82 Å². The van der Waals surface area contributed by atoms with Crippen molar-refractivity contribution in [3.8, 4) is 0 Å². The van der Waals surface area contributed by atoms with Crippen LogP contribution in [0.4, 0.5) is 4.39 Å². The van der Waals surface area contributed by atoms with E-state index >= 15 is 0 Å². The van der Waals surface area contributed by atoms with Gasteiger partial charge in [0.2, 0.25) is 10.0 Å². The maximum atomic E-state index is 13.3. The summed E-state index contributed by atoms with van der Waals surface area (Å²) < 4.78 is 40.4. The molecule has 4 nitrogen and oxygen atoms in total. The number of aromatic nitrogens is 1. The van der Waals surface area contributed by atoms with Crippen LogP contribution in [0.25, 0.3) is 10.9 Å². The van der Waals surface area contributed by atoms with Crippen molar-refractivity contribution < 1.29 is 12.8 Å². The number of sulfonamides is 1. The molecule has 1 aliphatic rings. The van der Waals surface area contributed by atoms with Gasteiger partial charge in [-0.05, 0) is 35.4 Å². The Balaban J connectivity index is 1.74. The molecule has 2 heterocycles. The molecular weight excluding hydrogens is 351 g/mol. The number of hydrogen-bond acceptors (Lipinski definition) is 3. The quantitative estimate of drug-likeness (QED) is 0.698. The molecule has 0 N–H and O–H groups in total. The minimum absolute atomic E-state index is 0.102. The van der Waals surface area contributed by atoms with Crippen molar-refractivity contribution in [2.24, 2.45) is 0 Å². The van der Waals surface area contributed by atoms with Crippen LogP contribution in [0.3, 0.4) is 0 Å². The van der Waals surface area contributed by atoms with E-state index in [0.717, 1.165) is 5.56 Å². The first-order chi connectivity index (χ1) is 11.4. The first kappa shape index (κ1) is 15.5. The smallest absolute Gasteiger partial charge is 0.245 e. The Hall–Kier alpha value is -2.02. The van der Waals surface area contributed by atoms with Crippen LogP contribution in [0.15, 0.2) is 53.6 Å². The molecule has 0 atom stereocenters. The highest BCUT2D eigenvalue weighted by molar-refractivity contribution is 7.89. The van der Waals surface area contributed by atoms with E-state index in [9.17, 15) is 12.8 Å². The van der Waals surface area contributed by atoms with Gasteiger partial charge in [-0.25, -0.2) is 12.8 Å². The summed E-state index contributed by atoms with van der Waals surface area (Å²) in [6, 6.07) is 11.1. The Kier molecular flexibility index (Phi) is 3.56. The van der Waals surface area contributed by atoms with E-state index < -0.39 is 10.0 Å². The lowest BCUT2D eigenvalue weighted by molar-refractivity contribution is 0.431. The third-order valence-corrected chi connectivity index (χ3v) is 6.20. The molecule has 0 saturated carbocycles. The zero-order chi connectivity index (χ0) is 16.9. The molecule has 1 aliphatic heterocycles. The lowest BCUT2D eigenvalue weighted by atomic mass is 10.1. The van der Waals surface area contributed by atoms with Crippen LogP contribution in [0.2, 0.25) is 5.02 Å². The van der Waals surface area contributed by atoms with E-state index in [0.29, 0.717) is 21.5 Å². The zero-order valence-corrected chi connectivity index (χ0v) is 14.0. The molecule has 4 rings (SSSR count). The number of fused-ring (bicyclic) bond motifs is 2. The maximum Gasteiger partial charge on any atom is 0.245 e. The third kappa shape index (κ3) is 2.47. The van der Waals surface area contributed by atoms with Gasteiger partial charge in [0.1, 0.15) is 10.7 Å². The normalized spacial score (nSPS) is 14.9.